The second-order valence-corrected chi connectivity index (χ2v) is 9.50. The van der Waals surface area contributed by atoms with Crippen molar-refractivity contribution in [2.75, 3.05) is 25.0 Å². The van der Waals surface area contributed by atoms with Crippen LogP contribution < -0.4 is 4.90 Å². The number of fused-ring (bicyclic) bond motifs is 2. The van der Waals surface area contributed by atoms with Gasteiger partial charge in [-0.3, -0.25) is 4.79 Å². The van der Waals surface area contributed by atoms with E-state index < -0.39 is 10.0 Å². The smallest absolute Gasteiger partial charge is 0.243 e. The summed E-state index contributed by atoms with van der Waals surface area (Å²) in [5.41, 5.74) is 3.82. The molecule has 2 aliphatic rings. The summed E-state index contributed by atoms with van der Waals surface area (Å²) >= 11 is 0. The lowest BCUT2D eigenvalue weighted by Gasteiger charge is -2.18. The predicted molar refractivity (Wildman–Crippen MR) is 108 cm³/mol. The van der Waals surface area contributed by atoms with E-state index in [4.69, 9.17) is 0 Å². The first kappa shape index (κ1) is 17.5. The summed E-state index contributed by atoms with van der Waals surface area (Å²) in [5, 5.41) is 1.16. The molecule has 0 aliphatic carbocycles. The van der Waals surface area contributed by atoms with Crippen molar-refractivity contribution in [3.63, 3.8) is 0 Å². The molecule has 1 unspecified atom stereocenters. The van der Waals surface area contributed by atoms with E-state index in [-0.39, 0.29) is 23.1 Å². The zero-order valence-corrected chi connectivity index (χ0v) is 16.4. The van der Waals surface area contributed by atoms with Crippen LogP contribution in [0.2, 0.25) is 0 Å². The highest BCUT2D eigenvalue weighted by Crippen LogP contribution is 2.36. The maximum Gasteiger partial charge on any atom is 0.243 e. The van der Waals surface area contributed by atoms with Crippen LogP contribution in [0, 0.1) is 0 Å². The Morgan fingerprint density at radius 2 is 1.96 bits per heavy atom. The van der Waals surface area contributed by atoms with Crippen molar-refractivity contribution in [2.24, 2.45) is 0 Å². The van der Waals surface area contributed by atoms with Crippen molar-refractivity contribution in [3.8, 4) is 0 Å². The molecule has 3 heterocycles. The third kappa shape index (κ3) is 2.57. The van der Waals surface area contributed by atoms with E-state index in [1.54, 1.807) is 34.5 Å². The Balaban J connectivity index is 1.43. The van der Waals surface area contributed by atoms with Crippen molar-refractivity contribution in [2.45, 2.75) is 23.7 Å². The van der Waals surface area contributed by atoms with Crippen molar-refractivity contribution in [1.29, 1.82) is 0 Å². The molecular weight excluding hydrogens is 374 g/mol. The molecule has 144 valence electrons. The fourth-order valence-corrected chi connectivity index (χ4v) is 5.94. The number of hydrogen-bond donors (Lipinski definition) is 1. The van der Waals surface area contributed by atoms with Crippen LogP contribution in [-0.2, 0) is 21.2 Å². The molecule has 1 amide bonds. The molecule has 0 spiro atoms. The summed E-state index contributed by atoms with van der Waals surface area (Å²) in [4.78, 5) is 17.0. The number of carbonyl (C=O) groups excluding carboxylic acids is 1. The highest BCUT2D eigenvalue weighted by atomic mass is 32.2. The van der Waals surface area contributed by atoms with Crippen molar-refractivity contribution in [1.82, 2.24) is 9.29 Å². The van der Waals surface area contributed by atoms with Gasteiger partial charge in [0, 0.05) is 48.8 Å². The maximum absolute atomic E-state index is 13.2. The highest BCUT2D eigenvalue weighted by Gasteiger charge is 2.35. The molecule has 28 heavy (non-hydrogen) atoms. The minimum atomic E-state index is -3.58. The van der Waals surface area contributed by atoms with Gasteiger partial charge in [-0.2, -0.15) is 4.31 Å². The van der Waals surface area contributed by atoms with Gasteiger partial charge in [0.25, 0.3) is 0 Å². The van der Waals surface area contributed by atoms with Crippen molar-refractivity contribution in [3.05, 3.63) is 59.8 Å². The van der Waals surface area contributed by atoms with Crippen LogP contribution in [0.25, 0.3) is 10.9 Å². The summed E-state index contributed by atoms with van der Waals surface area (Å²) in [6.45, 7) is 0.975. The molecular formula is C21H21N3O3S. The predicted octanol–water partition coefficient (Wildman–Crippen LogP) is 2.87. The quantitative estimate of drug-likeness (QED) is 0.741. The lowest BCUT2D eigenvalue weighted by Crippen LogP contribution is -2.28. The fourth-order valence-electron chi connectivity index (χ4n) is 4.39. The van der Waals surface area contributed by atoms with Crippen LogP contribution in [-0.4, -0.2) is 43.8 Å². The second kappa shape index (κ2) is 6.18. The molecule has 0 radical (unpaired) electrons. The Kier molecular flexibility index (Phi) is 3.86. The minimum Gasteiger partial charge on any atom is -0.361 e. The number of likely N-dealkylation sites (N-methyl/N-ethyl adjacent to an activating group) is 1. The van der Waals surface area contributed by atoms with Crippen LogP contribution >= 0.6 is 0 Å². The molecule has 1 aromatic heterocycles. The molecule has 0 saturated carbocycles. The number of nitrogens with one attached hydrogen (secondary N) is 1. The number of nitrogens with zero attached hydrogens (tertiary/aromatic N) is 2. The third-order valence-corrected chi connectivity index (χ3v) is 7.84. The lowest BCUT2D eigenvalue weighted by molar-refractivity contribution is -0.117. The molecule has 3 aromatic rings. The van der Waals surface area contributed by atoms with Crippen molar-refractivity contribution >= 4 is 32.5 Å². The summed E-state index contributed by atoms with van der Waals surface area (Å²) < 4.78 is 28.0. The molecule has 6 nitrogen and oxygen atoms in total. The molecule has 1 saturated heterocycles. The fraction of sp³-hybridized carbons (Fsp3) is 0.286. The van der Waals surface area contributed by atoms with Crippen LogP contribution in [0.1, 0.15) is 23.5 Å². The summed E-state index contributed by atoms with van der Waals surface area (Å²) in [7, 11) is -1.86. The average molecular weight is 395 g/mol. The van der Waals surface area contributed by atoms with E-state index in [0.29, 0.717) is 13.1 Å². The normalized spacial score (nSPS) is 20.2. The van der Waals surface area contributed by atoms with Gasteiger partial charge in [0.2, 0.25) is 15.9 Å². The maximum atomic E-state index is 13.2. The monoisotopic (exact) mass is 395 g/mol. The van der Waals surface area contributed by atoms with Gasteiger partial charge in [-0.25, -0.2) is 8.42 Å². The molecule has 1 atom stereocenters. The standard InChI is InChI=1S/C21H21N3O3S/c1-23-20-7-6-16(10-15(20)11-21(23)25)28(26,27)24-9-8-14(13-24)18-12-22-19-5-3-2-4-17(18)19/h2-7,10,12,14,22H,8-9,11,13H2,1H3. The molecule has 5 rings (SSSR count). The molecule has 1 N–H and O–H groups in total. The van der Waals surface area contributed by atoms with Gasteiger partial charge >= 0.3 is 0 Å². The average Bonchev–Trinajstić information content (AvgIpc) is 3.39. The molecule has 0 bridgehead atoms. The first-order valence-electron chi connectivity index (χ1n) is 9.41. The van der Waals surface area contributed by atoms with E-state index in [9.17, 15) is 13.2 Å². The Labute approximate surface area is 163 Å². The zero-order valence-electron chi connectivity index (χ0n) is 15.6. The first-order chi connectivity index (χ1) is 13.4. The largest absolute Gasteiger partial charge is 0.361 e. The molecule has 1 fully saturated rings. The van der Waals surface area contributed by atoms with Crippen LogP contribution in [0.4, 0.5) is 5.69 Å². The number of hydrogen-bond acceptors (Lipinski definition) is 3. The first-order valence-corrected chi connectivity index (χ1v) is 10.8. The number of aromatic nitrogens is 1. The number of sulfonamides is 1. The number of benzene rings is 2. The SMILES string of the molecule is CN1C(=O)Cc2cc(S(=O)(=O)N3CCC(c4c[nH]c5ccccc45)C3)ccc21. The number of amides is 1. The highest BCUT2D eigenvalue weighted by molar-refractivity contribution is 7.89. The second-order valence-electron chi connectivity index (χ2n) is 7.56. The number of carbonyl (C=O) groups is 1. The Morgan fingerprint density at radius 1 is 1.14 bits per heavy atom. The van der Waals surface area contributed by atoms with E-state index in [2.05, 4.69) is 11.1 Å². The van der Waals surface area contributed by atoms with E-state index in [0.717, 1.165) is 28.6 Å². The summed E-state index contributed by atoms with van der Waals surface area (Å²) in [6, 6.07) is 13.1. The Hall–Kier alpha value is -2.64. The topological polar surface area (TPSA) is 73.5 Å². The number of H-pyrrole nitrogens is 1. The number of para-hydroxylation sites is 1. The zero-order chi connectivity index (χ0) is 19.5. The number of anilines is 1. The molecule has 2 aliphatic heterocycles. The third-order valence-electron chi connectivity index (χ3n) is 5.98. The van der Waals surface area contributed by atoms with Gasteiger partial charge in [-0.05, 0) is 41.8 Å². The van der Waals surface area contributed by atoms with Gasteiger partial charge in [0.1, 0.15) is 0 Å². The van der Waals surface area contributed by atoms with Gasteiger partial charge in [0.15, 0.2) is 0 Å². The minimum absolute atomic E-state index is 0.00915. The Morgan fingerprint density at radius 3 is 2.82 bits per heavy atom. The lowest BCUT2D eigenvalue weighted by atomic mass is 9.98. The van der Waals surface area contributed by atoms with Gasteiger partial charge in [-0.15, -0.1) is 0 Å². The van der Waals surface area contributed by atoms with Crippen LogP contribution in [0.15, 0.2) is 53.6 Å². The number of rotatable bonds is 3. The molecule has 7 heteroatoms. The van der Waals surface area contributed by atoms with Crippen molar-refractivity contribution < 1.29 is 13.2 Å². The molecule has 2 aromatic carbocycles. The van der Waals surface area contributed by atoms with Crippen LogP contribution in [0.5, 0.6) is 0 Å². The summed E-state index contributed by atoms with van der Waals surface area (Å²) in [6.07, 6.45) is 3.06. The summed E-state index contributed by atoms with van der Waals surface area (Å²) in [5.74, 6) is 0.165. The van der Waals surface area contributed by atoms with E-state index >= 15 is 0 Å². The van der Waals surface area contributed by atoms with Gasteiger partial charge in [0.05, 0.1) is 11.3 Å². The number of aromatic amines is 1. The van der Waals surface area contributed by atoms with Gasteiger partial charge in [-0.1, -0.05) is 18.2 Å². The van der Waals surface area contributed by atoms with E-state index in [1.807, 2.05) is 24.4 Å². The Bertz CT molecular complexity index is 1200. The van der Waals surface area contributed by atoms with Crippen LogP contribution in [0.3, 0.4) is 0 Å². The van der Waals surface area contributed by atoms with E-state index in [1.165, 1.54) is 5.56 Å². The van der Waals surface area contributed by atoms with Gasteiger partial charge < -0.3 is 9.88 Å².